The molecule has 0 radical (unpaired) electrons. The maximum Gasteiger partial charge on any atom is 0.416 e. The van der Waals surface area contributed by atoms with Crippen molar-refractivity contribution in [3.63, 3.8) is 0 Å². The van der Waals surface area contributed by atoms with Crippen LogP contribution in [0.25, 0.3) is 0 Å². The van der Waals surface area contributed by atoms with Crippen LogP contribution in [0.4, 0.5) is 24.7 Å². The summed E-state index contributed by atoms with van der Waals surface area (Å²) >= 11 is 0. The molecule has 11 heteroatoms. The first-order chi connectivity index (χ1) is 14.6. The van der Waals surface area contributed by atoms with Crippen LogP contribution >= 0.6 is 0 Å². The Hall–Kier alpha value is -3.89. The van der Waals surface area contributed by atoms with Gasteiger partial charge in [-0.1, -0.05) is 6.07 Å². The summed E-state index contributed by atoms with van der Waals surface area (Å²) in [5.41, 5.74) is -1.76. The standard InChI is InChI=1S/C20H17F3N4O4/c1-26-14(10-16(28)27(2)19(26)30)11-31-18(29)15-7-4-8-24-17(15)25-13-6-3-5-12(9-13)20(21,22)23/h3-10H,11H2,1-2H3,(H,24,25). The topological polar surface area (TPSA) is 95.2 Å². The fourth-order valence-electron chi connectivity index (χ4n) is 2.71. The first-order valence-corrected chi connectivity index (χ1v) is 8.90. The zero-order valence-electron chi connectivity index (χ0n) is 16.4. The predicted molar refractivity (Wildman–Crippen MR) is 105 cm³/mol. The summed E-state index contributed by atoms with van der Waals surface area (Å²) in [6, 6.07) is 8.44. The molecule has 0 aliphatic rings. The number of esters is 1. The molecule has 0 aliphatic carbocycles. The summed E-state index contributed by atoms with van der Waals surface area (Å²) in [7, 11) is 2.75. The van der Waals surface area contributed by atoms with Crippen molar-refractivity contribution < 1.29 is 22.7 Å². The Kier molecular flexibility index (Phi) is 5.95. The molecule has 1 N–H and O–H groups in total. The zero-order valence-corrected chi connectivity index (χ0v) is 16.4. The van der Waals surface area contributed by atoms with Gasteiger partial charge >= 0.3 is 17.8 Å². The number of carbonyl (C=O) groups is 1. The number of benzene rings is 1. The van der Waals surface area contributed by atoms with Crippen LogP contribution in [0.5, 0.6) is 0 Å². The molecular weight excluding hydrogens is 417 g/mol. The van der Waals surface area contributed by atoms with Crippen LogP contribution in [0.2, 0.25) is 0 Å². The average Bonchev–Trinajstić information content (AvgIpc) is 2.73. The van der Waals surface area contributed by atoms with Gasteiger partial charge in [-0.2, -0.15) is 13.2 Å². The molecule has 0 atom stereocenters. The number of nitrogens with zero attached hydrogens (tertiary/aromatic N) is 3. The van der Waals surface area contributed by atoms with Crippen molar-refractivity contribution in [2.75, 3.05) is 5.32 Å². The summed E-state index contributed by atoms with van der Waals surface area (Å²) in [5, 5.41) is 2.68. The van der Waals surface area contributed by atoms with Gasteiger partial charge in [-0.25, -0.2) is 14.6 Å². The SMILES string of the molecule is Cn1c(COC(=O)c2cccnc2Nc2cccc(C(F)(F)F)c2)cc(=O)n(C)c1=O. The van der Waals surface area contributed by atoms with Crippen LogP contribution in [0.3, 0.4) is 0 Å². The number of alkyl halides is 3. The summed E-state index contributed by atoms with van der Waals surface area (Å²) in [5.74, 6) is -0.847. The van der Waals surface area contributed by atoms with E-state index in [1.807, 2.05) is 0 Å². The van der Waals surface area contributed by atoms with Crippen molar-refractivity contribution in [2.24, 2.45) is 14.1 Å². The number of rotatable bonds is 5. The second-order valence-electron chi connectivity index (χ2n) is 6.55. The Morgan fingerprint density at radius 2 is 1.84 bits per heavy atom. The van der Waals surface area contributed by atoms with Gasteiger partial charge in [-0.05, 0) is 30.3 Å². The maximum atomic E-state index is 12.9. The van der Waals surface area contributed by atoms with Gasteiger partial charge in [0.2, 0.25) is 0 Å². The number of hydrogen-bond acceptors (Lipinski definition) is 6. The van der Waals surface area contributed by atoms with Crippen LogP contribution in [0.15, 0.2) is 58.3 Å². The molecule has 162 valence electrons. The minimum Gasteiger partial charge on any atom is -0.456 e. The van der Waals surface area contributed by atoms with Crippen LogP contribution < -0.4 is 16.6 Å². The van der Waals surface area contributed by atoms with Crippen LogP contribution in [-0.4, -0.2) is 20.1 Å². The highest BCUT2D eigenvalue weighted by Gasteiger charge is 2.30. The molecule has 31 heavy (non-hydrogen) atoms. The quantitative estimate of drug-likeness (QED) is 0.621. The number of nitrogens with one attached hydrogen (secondary N) is 1. The number of aromatic nitrogens is 3. The molecule has 8 nitrogen and oxygen atoms in total. The molecule has 3 aromatic rings. The van der Waals surface area contributed by atoms with Crippen molar-refractivity contribution in [3.8, 4) is 0 Å². The smallest absolute Gasteiger partial charge is 0.416 e. The lowest BCUT2D eigenvalue weighted by molar-refractivity contribution is -0.137. The molecule has 0 amide bonds. The Morgan fingerprint density at radius 1 is 1.10 bits per heavy atom. The van der Waals surface area contributed by atoms with Gasteiger partial charge in [-0.15, -0.1) is 0 Å². The number of carbonyl (C=O) groups excluding carboxylic acids is 1. The van der Waals surface area contributed by atoms with Crippen molar-refractivity contribution in [1.29, 1.82) is 0 Å². The molecule has 3 rings (SSSR count). The lowest BCUT2D eigenvalue weighted by atomic mass is 10.2. The lowest BCUT2D eigenvalue weighted by Crippen LogP contribution is -2.38. The van der Waals surface area contributed by atoms with Crippen LogP contribution in [-0.2, 0) is 31.6 Å². The first-order valence-electron chi connectivity index (χ1n) is 8.90. The van der Waals surface area contributed by atoms with Gasteiger partial charge in [0.05, 0.1) is 11.3 Å². The summed E-state index contributed by atoms with van der Waals surface area (Å²) in [6.45, 7) is -0.363. The van der Waals surface area contributed by atoms with Gasteiger partial charge in [0.1, 0.15) is 18.0 Å². The molecular formula is C20H17F3N4O4. The van der Waals surface area contributed by atoms with E-state index in [0.29, 0.717) is 0 Å². The monoisotopic (exact) mass is 434 g/mol. The third-order valence-electron chi connectivity index (χ3n) is 4.46. The zero-order chi connectivity index (χ0) is 22.8. The highest BCUT2D eigenvalue weighted by atomic mass is 19.4. The maximum absolute atomic E-state index is 12.9. The first kappa shape index (κ1) is 21.8. The van der Waals surface area contributed by atoms with Gasteiger partial charge in [0.15, 0.2) is 0 Å². The fraction of sp³-hybridized carbons (Fsp3) is 0.200. The second kappa shape index (κ2) is 8.46. The van der Waals surface area contributed by atoms with E-state index in [2.05, 4.69) is 10.3 Å². The van der Waals surface area contributed by atoms with Crippen molar-refractivity contribution in [1.82, 2.24) is 14.1 Å². The minimum absolute atomic E-state index is 0.00955. The van der Waals surface area contributed by atoms with Crippen molar-refractivity contribution in [3.05, 3.63) is 86.3 Å². The molecule has 0 saturated heterocycles. The third-order valence-corrected chi connectivity index (χ3v) is 4.46. The molecule has 2 heterocycles. The van der Waals surface area contributed by atoms with Crippen molar-refractivity contribution in [2.45, 2.75) is 12.8 Å². The minimum atomic E-state index is -4.52. The summed E-state index contributed by atoms with van der Waals surface area (Å²) < 4.78 is 46.0. The van der Waals surface area contributed by atoms with E-state index in [9.17, 15) is 27.6 Å². The Bertz CT molecular complexity index is 1250. The molecule has 0 aliphatic heterocycles. The lowest BCUT2D eigenvalue weighted by Gasteiger charge is -2.13. The summed E-state index contributed by atoms with van der Waals surface area (Å²) in [4.78, 5) is 40.3. The number of hydrogen-bond donors (Lipinski definition) is 1. The fourth-order valence-corrected chi connectivity index (χ4v) is 2.71. The van der Waals surface area contributed by atoms with E-state index in [1.165, 1.54) is 55.2 Å². The second-order valence-corrected chi connectivity index (χ2v) is 6.55. The Balaban J connectivity index is 1.82. The van der Waals surface area contributed by atoms with Crippen LogP contribution in [0.1, 0.15) is 21.6 Å². The van der Waals surface area contributed by atoms with Crippen molar-refractivity contribution >= 4 is 17.5 Å². The molecule has 1 aromatic carbocycles. The Morgan fingerprint density at radius 3 is 2.55 bits per heavy atom. The number of pyridine rings is 1. The largest absolute Gasteiger partial charge is 0.456 e. The summed E-state index contributed by atoms with van der Waals surface area (Å²) in [6.07, 6.45) is -3.16. The van der Waals surface area contributed by atoms with E-state index in [4.69, 9.17) is 4.74 Å². The van der Waals surface area contributed by atoms with Gasteiger partial charge in [0.25, 0.3) is 5.56 Å². The molecule has 0 saturated carbocycles. The molecule has 0 unspecified atom stereocenters. The molecule has 0 spiro atoms. The van der Waals surface area contributed by atoms with Crippen LogP contribution in [0, 0.1) is 0 Å². The van der Waals surface area contributed by atoms with Gasteiger partial charge in [-0.3, -0.25) is 13.9 Å². The van der Waals surface area contributed by atoms with E-state index < -0.39 is 29.0 Å². The highest BCUT2D eigenvalue weighted by Crippen LogP contribution is 2.31. The normalized spacial score (nSPS) is 11.3. The van der Waals surface area contributed by atoms with Gasteiger partial charge in [0, 0.05) is 32.0 Å². The van der Waals surface area contributed by atoms with E-state index in [1.54, 1.807) is 0 Å². The third kappa shape index (κ3) is 4.82. The predicted octanol–water partition coefficient (Wildman–Crippen LogP) is 2.60. The number of ether oxygens (including phenoxy) is 1. The highest BCUT2D eigenvalue weighted by molar-refractivity contribution is 5.95. The van der Waals surface area contributed by atoms with E-state index in [0.717, 1.165) is 16.7 Å². The Labute approximate surface area is 173 Å². The van der Waals surface area contributed by atoms with Gasteiger partial charge < -0.3 is 10.1 Å². The molecule has 2 aromatic heterocycles. The average molecular weight is 434 g/mol. The van der Waals surface area contributed by atoms with E-state index >= 15 is 0 Å². The molecule has 0 bridgehead atoms. The number of halogens is 3. The molecule has 0 fully saturated rings. The number of anilines is 2. The van der Waals surface area contributed by atoms with E-state index in [-0.39, 0.29) is 29.4 Å².